The van der Waals surface area contributed by atoms with Crippen LogP contribution in [0.1, 0.15) is 64.2 Å². The summed E-state index contributed by atoms with van der Waals surface area (Å²) in [7, 11) is -4.64. The van der Waals surface area contributed by atoms with Crippen LogP contribution in [0.25, 0.3) is 0 Å². The number of benzene rings is 1. The minimum atomic E-state index is -4.64. The Labute approximate surface area is 125 Å². The molecule has 4 N–H and O–H groups in total. The van der Waals surface area contributed by atoms with Crippen LogP contribution in [0.4, 0.5) is 0 Å². The van der Waals surface area contributed by atoms with E-state index in [1.165, 1.54) is 16.7 Å². The van der Waals surface area contributed by atoms with Crippen LogP contribution in [0, 0.1) is 5.41 Å². The van der Waals surface area contributed by atoms with Crippen molar-refractivity contribution < 1.29 is 24.4 Å². The fourth-order valence-corrected chi connectivity index (χ4v) is 2.97. The summed E-state index contributed by atoms with van der Waals surface area (Å²) in [6.07, 6.45) is 0. The number of phenolic OH excluding ortho intramolecular Hbond substituents is 1. The number of phenols is 1. The molecule has 2 bridgehead atoms. The molecule has 1 aromatic rings. The number of hydrogen-bond acceptors (Lipinski definition) is 2. The summed E-state index contributed by atoms with van der Waals surface area (Å²) in [5.41, 5.74) is 4.28. The van der Waals surface area contributed by atoms with Gasteiger partial charge in [-0.15, -0.1) is 0 Å². The number of phosphoric acid groups is 1. The summed E-state index contributed by atoms with van der Waals surface area (Å²) in [6, 6.07) is 3.93. The van der Waals surface area contributed by atoms with Gasteiger partial charge in [0.05, 0.1) is 0 Å². The van der Waals surface area contributed by atoms with E-state index in [-0.39, 0.29) is 10.8 Å². The summed E-state index contributed by atoms with van der Waals surface area (Å²) >= 11 is 0. The van der Waals surface area contributed by atoms with Crippen LogP contribution in [0.5, 0.6) is 5.75 Å². The third-order valence-corrected chi connectivity index (χ3v) is 3.47. The van der Waals surface area contributed by atoms with E-state index in [9.17, 15) is 5.11 Å². The molecule has 6 heteroatoms. The van der Waals surface area contributed by atoms with E-state index in [0.29, 0.717) is 11.7 Å². The van der Waals surface area contributed by atoms with Crippen molar-refractivity contribution >= 4 is 7.82 Å². The number of fused-ring (bicyclic) bond motifs is 2. The molecule has 0 saturated heterocycles. The molecule has 0 amide bonds. The van der Waals surface area contributed by atoms with Gasteiger partial charge in [0.25, 0.3) is 0 Å². The van der Waals surface area contributed by atoms with Crippen molar-refractivity contribution in [3.8, 4) is 5.75 Å². The van der Waals surface area contributed by atoms with Crippen molar-refractivity contribution in [1.29, 1.82) is 0 Å². The van der Waals surface area contributed by atoms with Crippen LogP contribution in [-0.4, -0.2) is 19.8 Å². The molecule has 5 nitrogen and oxygen atoms in total. The summed E-state index contributed by atoms with van der Waals surface area (Å²) in [5, 5.41) is 10.0. The standard InChI is InChI=1S/C15H22O.H3O4P/c1-14(2,3)12-9-7-8-10(16)11(12)13(9)15(4,5)6;1-5(2,3)4/h7-8,12,16H,1-6H3;(H3,1,2,3,4). The molecule has 0 fully saturated rings. The molecular formula is C15H25O5P. The molecule has 0 aromatic heterocycles. The first-order valence-electron chi connectivity index (χ1n) is 6.78. The lowest BCUT2D eigenvalue weighted by Crippen LogP contribution is -2.34. The van der Waals surface area contributed by atoms with Crippen LogP contribution < -0.4 is 0 Å². The molecule has 120 valence electrons. The Hall–Kier alpha value is -0.870. The second-order valence-corrected chi connectivity index (χ2v) is 8.55. The molecule has 1 unspecified atom stereocenters. The molecule has 1 atom stereocenters. The normalized spacial score (nSPS) is 17.7. The third kappa shape index (κ3) is 4.30. The fraction of sp³-hybridized carbons (Fsp3) is 0.600. The molecule has 0 saturated carbocycles. The molecule has 0 spiro atoms. The summed E-state index contributed by atoms with van der Waals surface area (Å²) in [5.74, 6) is 0.881. The molecule has 0 aliphatic heterocycles. The highest BCUT2D eigenvalue weighted by molar-refractivity contribution is 7.45. The molecule has 2 aliphatic rings. The third-order valence-electron chi connectivity index (χ3n) is 3.47. The highest BCUT2D eigenvalue weighted by atomic mass is 31.2. The van der Waals surface area contributed by atoms with Gasteiger partial charge >= 0.3 is 7.82 Å². The lowest BCUT2D eigenvalue weighted by atomic mass is 9.57. The maximum absolute atomic E-state index is 10.0. The van der Waals surface area contributed by atoms with Gasteiger partial charge in [0.1, 0.15) is 5.75 Å². The molecule has 0 heterocycles. The summed E-state index contributed by atoms with van der Waals surface area (Å²) in [6.45, 7) is 13.4. The molecule has 0 radical (unpaired) electrons. The summed E-state index contributed by atoms with van der Waals surface area (Å²) in [4.78, 5) is 21.6. The zero-order chi connectivity index (χ0) is 16.8. The first-order valence-corrected chi connectivity index (χ1v) is 8.35. The Morgan fingerprint density at radius 1 is 1.00 bits per heavy atom. The molecule has 3 rings (SSSR count). The highest BCUT2D eigenvalue weighted by Gasteiger charge is 2.44. The van der Waals surface area contributed by atoms with Crippen molar-refractivity contribution in [1.82, 2.24) is 0 Å². The van der Waals surface area contributed by atoms with Gasteiger partial charge in [-0.05, 0) is 28.0 Å². The lowest BCUT2D eigenvalue weighted by molar-refractivity contribution is 0.275. The monoisotopic (exact) mass is 316 g/mol. The Kier molecular flexibility index (Phi) is 4.67. The number of aromatic hydroxyl groups is 1. The number of hydrogen-bond donors (Lipinski definition) is 4. The molecule has 21 heavy (non-hydrogen) atoms. The average Bonchev–Trinajstić information content (AvgIpc) is 2.07. The van der Waals surface area contributed by atoms with Gasteiger partial charge in [-0.25, -0.2) is 4.57 Å². The van der Waals surface area contributed by atoms with Gasteiger partial charge in [-0.2, -0.15) is 0 Å². The van der Waals surface area contributed by atoms with Crippen molar-refractivity contribution in [2.24, 2.45) is 5.41 Å². The van der Waals surface area contributed by atoms with E-state index in [0.717, 1.165) is 0 Å². The van der Waals surface area contributed by atoms with Gasteiger partial charge < -0.3 is 19.8 Å². The van der Waals surface area contributed by atoms with E-state index in [4.69, 9.17) is 19.2 Å². The fourth-order valence-electron chi connectivity index (χ4n) is 2.97. The van der Waals surface area contributed by atoms with E-state index in [2.05, 4.69) is 47.6 Å². The van der Waals surface area contributed by atoms with Gasteiger partial charge in [0.15, 0.2) is 0 Å². The summed E-state index contributed by atoms with van der Waals surface area (Å²) < 4.78 is 8.88. The van der Waals surface area contributed by atoms with E-state index < -0.39 is 7.82 Å². The lowest BCUT2D eigenvalue weighted by Gasteiger charge is -2.46. The van der Waals surface area contributed by atoms with Crippen molar-refractivity contribution in [3.63, 3.8) is 0 Å². The van der Waals surface area contributed by atoms with Crippen molar-refractivity contribution in [3.05, 3.63) is 28.8 Å². The van der Waals surface area contributed by atoms with E-state index in [1.54, 1.807) is 0 Å². The maximum Gasteiger partial charge on any atom is 0.466 e. The predicted octanol–water partition coefficient (Wildman–Crippen LogP) is 3.25. The quantitative estimate of drug-likeness (QED) is 0.551. The minimum Gasteiger partial charge on any atom is -0.508 e. The van der Waals surface area contributed by atoms with E-state index in [1.807, 2.05) is 6.07 Å². The molecule has 2 aliphatic carbocycles. The zero-order valence-corrected chi connectivity index (χ0v) is 14.3. The topological polar surface area (TPSA) is 98.0 Å². The smallest absolute Gasteiger partial charge is 0.466 e. The van der Waals surface area contributed by atoms with Crippen LogP contribution in [0.3, 0.4) is 0 Å². The van der Waals surface area contributed by atoms with Crippen molar-refractivity contribution in [2.45, 2.75) is 52.9 Å². The van der Waals surface area contributed by atoms with Crippen LogP contribution in [0.15, 0.2) is 12.1 Å². The van der Waals surface area contributed by atoms with Gasteiger partial charge in [-0.1, -0.05) is 47.6 Å². The first-order chi connectivity index (χ1) is 9.14. The minimum absolute atomic E-state index is 0.130. The van der Waals surface area contributed by atoms with Crippen molar-refractivity contribution in [2.75, 3.05) is 0 Å². The highest BCUT2D eigenvalue weighted by Crippen LogP contribution is 2.57. The van der Waals surface area contributed by atoms with E-state index >= 15 is 0 Å². The Morgan fingerprint density at radius 2 is 1.43 bits per heavy atom. The van der Waals surface area contributed by atoms with Gasteiger partial charge in [0.2, 0.25) is 0 Å². The zero-order valence-electron chi connectivity index (χ0n) is 13.4. The Bertz CT molecular complexity index is 567. The number of rotatable bonds is 0. The molecular weight excluding hydrogens is 291 g/mol. The van der Waals surface area contributed by atoms with Crippen LogP contribution >= 0.6 is 7.82 Å². The van der Waals surface area contributed by atoms with Gasteiger partial charge in [0, 0.05) is 11.5 Å². The molecule has 1 aromatic carbocycles. The largest absolute Gasteiger partial charge is 0.508 e. The second kappa shape index (κ2) is 5.40. The van der Waals surface area contributed by atoms with Gasteiger partial charge in [-0.3, -0.25) is 0 Å². The average molecular weight is 316 g/mol. The SMILES string of the molecule is CC(C)(C)c1c2ccc(O)c1C2C(C)(C)C.O=P(O)(O)O. The Balaban J connectivity index is 0.000000383. The Morgan fingerprint density at radius 3 is 1.71 bits per heavy atom. The predicted molar refractivity (Wildman–Crippen MR) is 82.4 cm³/mol. The van der Waals surface area contributed by atoms with Crippen LogP contribution in [-0.2, 0) is 9.98 Å². The maximum atomic E-state index is 10.0. The second-order valence-electron chi connectivity index (χ2n) is 7.52. The van der Waals surface area contributed by atoms with Crippen LogP contribution in [0.2, 0.25) is 0 Å². The first kappa shape index (κ1) is 18.2.